The van der Waals surface area contributed by atoms with Crippen molar-refractivity contribution in [3.63, 3.8) is 0 Å². The van der Waals surface area contributed by atoms with E-state index in [4.69, 9.17) is 0 Å². The van der Waals surface area contributed by atoms with Crippen LogP contribution in [-0.4, -0.2) is 40.0 Å². The Morgan fingerprint density at radius 1 is 0.963 bits per heavy atom. The number of hydrogen-bond acceptors (Lipinski definition) is 3. The maximum atomic E-state index is 12.7. The fourth-order valence-electron chi connectivity index (χ4n) is 3.28. The Morgan fingerprint density at radius 3 is 2.56 bits per heavy atom. The van der Waals surface area contributed by atoms with Gasteiger partial charge in [-0.1, -0.05) is 18.2 Å². The van der Waals surface area contributed by atoms with Crippen molar-refractivity contribution in [2.24, 2.45) is 0 Å². The first-order chi connectivity index (χ1) is 13.3. The van der Waals surface area contributed by atoms with Crippen molar-refractivity contribution in [1.82, 2.24) is 9.47 Å². The van der Waals surface area contributed by atoms with Crippen molar-refractivity contribution in [3.8, 4) is 5.69 Å². The average Bonchev–Trinajstić information content (AvgIpc) is 3.24. The van der Waals surface area contributed by atoms with Crippen molar-refractivity contribution >= 4 is 23.4 Å². The molecule has 1 saturated heterocycles. The molecule has 3 aromatic rings. The summed E-state index contributed by atoms with van der Waals surface area (Å²) in [6.45, 7) is 3.20. The number of nitrogens with zero attached hydrogens (tertiary/aromatic N) is 2. The van der Waals surface area contributed by atoms with Crippen LogP contribution in [0.5, 0.6) is 0 Å². The summed E-state index contributed by atoms with van der Waals surface area (Å²) in [5.41, 5.74) is 3.71. The molecule has 0 saturated carbocycles. The van der Waals surface area contributed by atoms with Gasteiger partial charge in [-0.15, -0.1) is 0 Å². The third kappa shape index (κ3) is 4.62. The van der Waals surface area contributed by atoms with Crippen molar-refractivity contribution in [1.29, 1.82) is 0 Å². The maximum absolute atomic E-state index is 12.7. The van der Waals surface area contributed by atoms with E-state index in [1.54, 1.807) is 0 Å². The fourth-order valence-corrected chi connectivity index (χ4v) is 4.26. The van der Waals surface area contributed by atoms with Gasteiger partial charge in [0.25, 0.3) is 5.91 Å². The molecule has 1 aliphatic rings. The smallest absolute Gasteiger partial charge is 0.255 e. The minimum Gasteiger partial charge on any atom is -0.324 e. The van der Waals surface area contributed by atoms with E-state index in [1.165, 1.54) is 17.1 Å². The molecule has 1 N–H and O–H groups in total. The van der Waals surface area contributed by atoms with Gasteiger partial charge in [-0.3, -0.25) is 9.69 Å². The summed E-state index contributed by atoms with van der Waals surface area (Å²) in [6, 6.07) is 19.8. The highest BCUT2D eigenvalue weighted by Crippen LogP contribution is 2.18. The van der Waals surface area contributed by atoms with E-state index in [9.17, 15) is 4.79 Å². The first-order valence-corrected chi connectivity index (χ1v) is 10.4. The molecule has 4 rings (SSSR count). The van der Waals surface area contributed by atoms with Crippen molar-refractivity contribution in [2.45, 2.75) is 6.54 Å². The predicted octanol–water partition coefficient (Wildman–Crippen LogP) is 4.28. The summed E-state index contributed by atoms with van der Waals surface area (Å²) >= 11 is 2.02. The largest absolute Gasteiger partial charge is 0.324 e. The topological polar surface area (TPSA) is 37.3 Å². The van der Waals surface area contributed by atoms with E-state index < -0.39 is 0 Å². The molecule has 0 spiro atoms. The standard InChI is InChI=1S/C22H23N3OS/c26-22(19-6-4-8-21(16-19)25-9-1-2-10-25)23-20-7-3-5-18(15-20)17-24-11-13-27-14-12-24/h1-10,15-16H,11-14,17H2,(H,23,26). The molecule has 2 heterocycles. The molecule has 1 aromatic heterocycles. The number of anilines is 1. The van der Waals surface area contributed by atoms with Crippen LogP contribution in [0.3, 0.4) is 0 Å². The zero-order valence-electron chi connectivity index (χ0n) is 15.2. The number of benzene rings is 2. The number of carbonyl (C=O) groups excluding carboxylic acids is 1. The highest BCUT2D eigenvalue weighted by Gasteiger charge is 2.12. The lowest BCUT2D eigenvalue weighted by molar-refractivity contribution is 0.102. The quantitative estimate of drug-likeness (QED) is 0.721. The van der Waals surface area contributed by atoms with Crippen molar-refractivity contribution in [2.75, 3.05) is 29.9 Å². The van der Waals surface area contributed by atoms with Crippen LogP contribution in [0, 0.1) is 0 Å². The normalized spacial score (nSPS) is 14.8. The number of hydrogen-bond donors (Lipinski definition) is 1. The lowest BCUT2D eigenvalue weighted by atomic mass is 10.1. The molecule has 1 amide bonds. The molecule has 0 radical (unpaired) electrons. The molecule has 1 aliphatic heterocycles. The molecule has 0 atom stereocenters. The SMILES string of the molecule is O=C(Nc1cccc(CN2CCSCC2)c1)c1cccc(-n2cccc2)c1. The van der Waals surface area contributed by atoms with Crippen LogP contribution in [0.1, 0.15) is 15.9 Å². The van der Waals surface area contributed by atoms with E-state index in [2.05, 4.69) is 22.3 Å². The number of thioether (sulfide) groups is 1. The van der Waals surface area contributed by atoms with Gasteiger partial charge in [0.2, 0.25) is 0 Å². The van der Waals surface area contributed by atoms with Gasteiger partial charge < -0.3 is 9.88 Å². The third-order valence-corrected chi connectivity index (χ3v) is 5.65. The zero-order valence-corrected chi connectivity index (χ0v) is 16.0. The highest BCUT2D eigenvalue weighted by atomic mass is 32.2. The fraction of sp³-hybridized carbons (Fsp3) is 0.227. The summed E-state index contributed by atoms with van der Waals surface area (Å²) < 4.78 is 1.99. The van der Waals surface area contributed by atoms with Gasteiger partial charge in [-0.2, -0.15) is 11.8 Å². The van der Waals surface area contributed by atoms with Gasteiger partial charge in [0.15, 0.2) is 0 Å². The summed E-state index contributed by atoms with van der Waals surface area (Å²) in [6.07, 6.45) is 3.94. The highest BCUT2D eigenvalue weighted by molar-refractivity contribution is 7.99. The molecule has 0 aliphatic carbocycles. The lowest BCUT2D eigenvalue weighted by Crippen LogP contribution is -2.31. The van der Waals surface area contributed by atoms with Crippen molar-refractivity contribution in [3.05, 3.63) is 84.2 Å². The molecule has 0 bridgehead atoms. The average molecular weight is 378 g/mol. The second-order valence-electron chi connectivity index (χ2n) is 6.68. The Hall–Kier alpha value is -2.50. The van der Waals surface area contributed by atoms with Crippen LogP contribution < -0.4 is 5.32 Å². The van der Waals surface area contributed by atoms with Crippen LogP contribution >= 0.6 is 11.8 Å². The molecule has 27 heavy (non-hydrogen) atoms. The molecular weight excluding hydrogens is 354 g/mol. The Labute approximate surface area is 164 Å². The Balaban J connectivity index is 1.45. The first kappa shape index (κ1) is 17.9. The summed E-state index contributed by atoms with van der Waals surface area (Å²) in [4.78, 5) is 15.2. The molecule has 2 aromatic carbocycles. The molecule has 4 nitrogen and oxygen atoms in total. The number of amides is 1. The summed E-state index contributed by atoms with van der Waals surface area (Å²) in [5, 5.41) is 3.04. The van der Waals surface area contributed by atoms with Gasteiger partial charge in [0, 0.05) is 60.5 Å². The van der Waals surface area contributed by atoms with E-state index in [0.29, 0.717) is 5.56 Å². The minimum absolute atomic E-state index is 0.0875. The van der Waals surface area contributed by atoms with Gasteiger partial charge in [0.1, 0.15) is 0 Å². The predicted molar refractivity (Wildman–Crippen MR) is 113 cm³/mol. The lowest BCUT2D eigenvalue weighted by Gasteiger charge is -2.26. The minimum atomic E-state index is -0.0875. The van der Waals surface area contributed by atoms with Gasteiger partial charge >= 0.3 is 0 Å². The van der Waals surface area contributed by atoms with Crippen LogP contribution in [0.15, 0.2) is 73.1 Å². The number of carbonyl (C=O) groups is 1. The van der Waals surface area contributed by atoms with Crippen molar-refractivity contribution < 1.29 is 4.79 Å². The Bertz CT molecular complexity index is 901. The molecule has 0 unspecified atom stereocenters. The second-order valence-corrected chi connectivity index (χ2v) is 7.91. The molecule has 5 heteroatoms. The summed E-state index contributed by atoms with van der Waals surface area (Å²) in [5.74, 6) is 2.32. The number of rotatable bonds is 5. The van der Waals surface area contributed by atoms with E-state index in [1.807, 2.05) is 77.3 Å². The third-order valence-electron chi connectivity index (χ3n) is 4.71. The molecule has 1 fully saturated rings. The maximum Gasteiger partial charge on any atom is 0.255 e. The van der Waals surface area contributed by atoms with E-state index >= 15 is 0 Å². The molecule has 138 valence electrons. The zero-order chi connectivity index (χ0) is 18.5. The Morgan fingerprint density at radius 2 is 1.74 bits per heavy atom. The first-order valence-electron chi connectivity index (χ1n) is 9.22. The van der Waals surface area contributed by atoms with Crippen LogP contribution in [0.25, 0.3) is 5.69 Å². The molecular formula is C22H23N3OS. The number of aromatic nitrogens is 1. The number of nitrogens with one attached hydrogen (secondary N) is 1. The Kier molecular flexibility index (Phi) is 5.61. The van der Waals surface area contributed by atoms with Crippen LogP contribution in [0.4, 0.5) is 5.69 Å². The van der Waals surface area contributed by atoms with Crippen LogP contribution in [-0.2, 0) is 6.54 Å². The van der Waals surface area contributed by atoms with E-state index in [-0.39, 0.29) is 5.91 Å². The summed E-state index contributed by atoms with van der Waals surface area (Å²) in [7, 11) is 0. The van der Waals surface area contributed by atoms with Gasteiger partial charge in [0.05, 0.1) is 0 Å². The van der Waals surface area contributed by atoms with Gasteiger partial charge in [-0.05, 0) is 48.0 Å². The van der Waals surface area contributed by atoms with Gasteiger partial charge in [-0.25, -0.2) is 0 Å². The monoisotopic (exact) mass is 377 g/mol. The van der Waals surface area contributed by atoms with E-state index in [0.717, 1.165) is 31.0 Å². The second kappa shape index (κ2) is 8.46. The van der Waals surface area contributed by atoms with Crippen LogP contribution in [0.2, 0.25) is 0 Å².